The summed E-state index contributed by atoms with van der Waals surface area (Å²) in [5.41, 5.74) is 1.01. The molecule has 2 unspecified atom stereocenters. The van der Waals surface area contributed by atoms with Crippen molar-refractivity contribution in [3.05, 3.63) is 35.9 Å². The number of likely N-dealkylation sites (tertiary alicyclic amines) is 1. The van der Waals surface area contributed by atoms with Gasteiger partial charge in [-0.3, -0.25) is 4.79 Å². The van der Waals surface area contributed by atoms with Gasteiger partial charge in [-0.25, -0.2) is 0 Å². The SMILES string of the molecule is CC(O)C1CCN(CCC(=O)OCc2ccccc2)C1. The molecule has 1 heterocycles. The fourth-order valence-corrected chi connectivity index (χ4v) is 2.52. The van der Waals surface area contributed by atoms with Crippen molar-refractivity contribution in [1.82, 2.24) is 4.90 Å². The van der Waals surface area contributed by atoms with E-state index in [1.165, 1.54) is 0 Å². The van der Waals surface area contributed by atoms with Crippen molar-refractivity contribution < 1.29 is 14.6 Å². The third kappa shape index (κ3) is 4.62. The molecule has 0 saturated carbocycles. The lowest BCUT2D eigenvalue weighted by molar-refractivity contribution is -0.145. The molecule has 2 atom stereocenters. The van der Waals surface area contributed by atoms with Crippen LogP contribution in [-0.4, -0.2) is 41.7 Å². The summed E-state index contributed by atoms with van der Waals surface area (Å²) < 4.78 is 5.25. The van der Waals surface area contributed by atoms with E-state index >= 15 is 0 Å². The van der Waals surface area contributed by atoms with Gasteiger partial charge in [0.05, 0.1) is 12.5 Å². The van der Waals surface area contributed by atoms with Crippen molar-refractivity contribution in [3.8, 4) is 0 Å². The van der Waals surface area contributed by atoms with E-state index in [-0.39, 0.29) is 12.1 Å². The van der Waals surface area contributed by atoms with Crippen LogP contribution in [-0.2, 0) is 16.1 Å². The molecule has 4 nitrogen and oxygen atoms in total. The summed E-state index contributed by atoms with van der Waals surface area (Å²) in [6, 6.07) is 9.70. The number of carbonyl (C=O) groups excluding carboxylic acids is 1. The van der Waals surface area contributed by atoms with Crippen LogP contribution < -0.4 is 0 Å². The predicted molar refractivity (Wildman–Crippen MR) is 77.1 cm³/mol. The second kappa shape index (κ2) is 7.41. The fraction of sp³-hybridized carbons (Fsp3) is 0.562. The van der Waals surface area contributed by atoms with Crippen LogP contribution in [0.25, 0.3) is 0 Å². The molecule has 20 heavy (non-hydrogen) atoms. The largest absolute Gasteiger partial charge is 0.461 e. The van der Waals surface area contributed by atoms with Gasteiger partial charge in [0.1, 0.15) is 6.61 Å². The quantitative estimate of drug-likeness (QED) is 0.806. The average molecular weight is 277 g/mol. The lowest BCUT2D eigenvalue weighted by Crippen LogP contribution is -2.26. The number of esters is 1. The Labute approximate surface area is 120 Å². The molecule has 0 spiro atoms. The molecular formula is C16H23NO3. The molecule has 1 fully saturated rings. The summed E-state index contributed by atoms with van der Waals surface area (Å²) in [5.74, 6) is 0.185. The number of nitrogens with zero attached hydrogens (tertiary/aromatic N) is 1. The summed E-state index contributed by atoms with van der Waals surface area (Å²) in [7, 11) is 0. The molecular weight excluding hydrogens is 254 g/mol. The zero-order valence-corrected chi connectivity index (χ0v) is 12.0. The first kappa shape index (κ1) is 15.0. The van der Waals surface area contributed by atoms with Crippen LogP contribution in [0.1, 0.15) is 25.3 Å². The van der Waals surface area contributed by atoms with Crippen molar-refractivity contribution in [2.45, 2.75) is 32.5 Å². The Morgan fingerprint density at radius 3 is 2.85 bits per heavy atom. The normalized spacial score (nSPS) is 20.8. The van der Waals surface area contributed by atoms with Gasteiger partial charge in [0.15, 0.2) is 0 Å². The van der Waals surface area contributed by atoms with Crippen molar-refractivity contribution in [3.63, 3.8) is 0 Å². The predicted octanol–water partition coefficient (Wildman–Crippen LogP) is 1.82. The van der Waals surface area contributed by atoms with Crippen LogP contribution in [0.3, 0.4) is 0 Å². The molecule has 0 radical (unpaired) electrons. The fourth-order valence-electron chi connectivity index (χ4n) is 2.52. The van der Waals surface area contributed by atoms with Gasteiger partial charge in [0, 0.05) is 13.1 Å². The number of ether oxygens (including phenoxy) is 1. The summed E-state index contributed by atoms with van der Waals surface area (Å²) >= 11 is 0. The van der Waals surface area contributed by atoms with Crippen LogP contribution >= 0.6 is 0 Å². The Kier molecular flexibility index (Phi) is 5.56. The van der Waals surface area contributed by atoms with Gasteiger partial charge >= 0.3 is 5.97 Å². The van der Waals surface area contributed by atoms with Gasteiger partial charge < -0.3 is 14.7 Å². The maximum absolute atomic E-state index is 11.7. The second-order valence-corrected chi connectivity index (χ2v) is 5.49. The first-order valence-electron chi connectivity index (χ1n) is 7.25. The first-order chi connectivity index (χ1) is 9.65. The van der Waals surface area contributed by atoms with Crippen LogP contribution in [0.5, 0.6) is 0 Å². The van der Waals surface area contributed by atoms with Gasteiger partial charge in [-0.05, 0) is 31.4 Å². The number of hydrogen-bond donors (Lipinski definition) is 1. The van der Waals surface area contributed by atoms with Crippen molar-refractivity contribution in [2.24, 2.45) is 5.92 Å². The molecule has 1 aliphatic rings. The Morgan fingerprint density at radius 2 is 2.20 bits per heavy atom. The van der Waals surface area contributed by atoms with Crippen LogP contribution in [0.4, 0.5) is 0 Å². The molecule has 0 bridgehead atoms. The Morgan fingerprint density at radius 1 is 1.45 bits per heavy atom. The number of aliphatic hydroxyl groups excluding tert-OH is 1. The molecule has 1 aliphatic heterocycles. The lowest BCUT2D eigenvalue weighted by atomic mass is 10.0. The first-order valence-corrected chi connectivity index (χ1v) is 7.25. The Balaban J connectivity index is 1.63. The molecule has 1 aromatic rings. The smallest absolute Gasteiger partial charge is 0.307 e. The van der Waals surface area contributed by atoms with E-state index in [0.29, 0.717) is 18.9 Å². The topological polar surface area (TPSA) is 49.8 Å². The monoisotopic (exact) mass is 277 g/mol. The molecule has 0 aliphatic carbocycles. The van der Waals surface area contributed by atoms with Gasteiger partial charge in [0.25, 0.3) is 0 Å². The maximum atomic E-state index is 11.7. The molecule has 1 saturated heterocycles. The highest BCUT2D eigenvalue weighted by Gasteiger charge is 2.25. The zero-order chi connectivity index (χ0) is 14.4. The van der Waals surface area contributed by atoms with Crippen LogP contribution in [0.2, 0.25) is 0 Å². The summed E-state index contributed by atoms with van der Waals surface area (Å²) in [6.45, 7) is 4.74. The average Bonchev–Trinajstić information content (AvgIpc) is 2.93. The zero-order valence-electron chi connectivity index (χ0n) is 12.0. The third-order valence-electron chi connectivity index (χ3n) is 3.87. The molecule has 0 amide bonds. The highest BCUT2D eigenvalue weighted by atomic mass is 16.5. The number of aliphatic hydroxyl groups is 1. The minimum atomic E-state index is -0.259. The molecule has 4 heteroatoms. The van der Waals surface area contributed by atoms with Gasteiger partial charge in [-0.15, -0.1) is 0 Å². The summed E-state index contributed by atoms with van der Waals surface area (Å²) in [4.78, 5) is 13.9. The van der Waals surface area contributed by atoms with Gasteiger partial charge in [-0.1, -0.05) is 30.3 Å². The number of carbonyl (C=O) groups is 1. The summed E-state index contributed by atoms with van der Waals surface area (Å²) in [6.07, 6.45) is 1.17. The molecule has 1 N–H and O–H groups in total. The molecule has 2 rings (SSSR count). The molecule has 1 aromatic carbocycles. The van der Waals surface area contributed by atoms with Crippen molar-refractivity contribution in [1.29, 1.82) is 0 Å². The van der Waals surface area contributed by atoms with E-state index in [0.717, 1.165) is 31.6 Å². The minimum absolute atomic E-state index is 0.158. The number of benzene rings is 1. The van der Waals surface area contributed by atoms with Crippen molar-refractivity contribution >= 4 is 5.97 Å². The van der Waals surface area contributed by atoms with Crippen molar-refractivity contribution in [2.75, 3.05) is 19.6 Å². The number of hydrogen-bond acceptors (Lipinski definition) is 4. The highest BCUT2D eigenvalue weighted by Crippen LogP contribution is 2.19. The van der Waals surface area contributed by atoms with Gasteiger partial charge in [-0.2, -0.15) is 0 Å². The van der Waals surface area contributed by atoms with Gasteiger partial charge in [0.2, 0.25) is 0 Å². The highest BCUT2D eigenvalue weighted by molar-refractivity contribution is 5.69. The minimum Gasteiger partial charge on any atom is -0.461 e. The Bertz CT molecular complexity index is 419. The lowest BCUT2D eigenvalue weighted by Gasteiger charge is -2.16. The van der Waals surface area contributed by atoms with Crippen LogP contribution in [0.15, 0.2) is 30.3 Å². The molecule has 0 aromatic heterocycles. The standard InChI is InChI=1S/C16H23NO3/c1-13(18)15-7-9-17(11-15)10-8-16(19)20-12-14-5-3-2-4-6-14/h2-6,13,15,18H,7-12H2,1H3. The van der Waals surface area contributed by atoms with E-state index in [4.69, 9.17) is 4.74 Å². The number of rotatable bonds is 6. The van der Waals surface area contributed by atoms with E-state index in [1.54, 1.807) is 0 Å². The molecule has 110 valence electrons. The van der Waals surface area contributed by atoms with E-state index in [1.807, 2.05) is 37.3 Å². The second-order valence-electron chi connectivity index (χ2n) is 5.49. The third-order valence-corrected chi connectivity index (χ3v) is 3.87. The maximum Gasteiger partial charge on any atom is 0.307 e. The van der Waals surface area contributed by atoms with E-state index in [9.17, 15) is 9.90 Å². The van der Waals surface area contributed by atoms with E-state index < -0.39 is 0 Å². The van der Waals surface area contributed by atoms with E-state index in [2.05, 4.69) is 4.90 Å². The van der Waals surface area contributed by atoms with Crippen LogP contribution in [0, 0.1) is 5.92 Å². The Hall–Kier alpha value is -1.39. The summed E-state index contributed by atoms with van der Waals surface area (Å²) in [5, 5.41) is 9.54.